The van der Waals surface area contributed by atoms with Crippen molar-refractivity contribution >= 4 is 15.9 Å². The molecule has 8 heteroatoms. The van der Waals surface area contributed by atoms with Gasteiger partial charge in [-0.2, -0.15) is 0 Å². The molecule has 0 aliphatic rings. The molecule has 0 bridgehead atoms. The summed E-state index contributed by atoms with van der Waals surface area (Å²) in [5.74, 6) is -1.08. The van der Waals surface area contributed by atoms with Crippen LogP contribution in [0.4, 0.5) is 4.39 Å². The summed E-state index contributed by atoms with van der Waals surface area (Å²) in [6.45, 7) is -0.321. The molecule has 4 N–H and O–H groups in total. The van der Waals surface area contributed by atoms with Gasteiger partial charge < -0.3 is 5.73 Å². The Morgan fingerprint density at radius 3 is 2.80 bits per heavy atom. The summed E-state index contributed by atoms with van der Waals surface area (Å²) < 4.78 is 37.5. The van der Waals surface area contributed by atoms with Crippen LogP contribution in [0.1, 0.15) is 0 Å². The molecule has 0 fully saturated rings. The van der Waals surface area contributed by atoms with Gasteiger partial charge in [-0.25, -0.2) is 17.5 Å². The highest BCUT2D eigenvalue weighted by molar-refractivity contribution is 7.89. The summed E-state index contributed by atoms with van der Waals surface area (Å²) in [4.78, 5) is 3.10. The highest BCUT2D eigenvalue weighted by Crippen LogP contribution is 2.07. The van der Waals surface area contributed by atoms with Gasteiger partial charge in [0.15, 0.2) is 0 Å². The molecule has 15 heavy (non-hydrogen) atoms. The van der Waals surface area contributed by atoms with E-state index in [1.54, 1.807) is 0 Å². The number of sulfonamides is 1. The number of hydrogen-bond donors (Lipinski definition) is 3. The number of hydrogen-bond acceptors (Lipinski definition) is 4. The predicted octanol–water partition coefficient (Wildman–Crippen LogP) is -0.565. The summed E-state index contributed by atoms with van der Waals surface area (Å²) in [5.41, 5.74) is 4.97. The maximum absolute atomic E-state index is 12.7. The molecule has 0 aromatic carbocycles. The third-order valence-corrected chi connectivity index (χ3v) is 2.81. The smallest absolute Gasteiger partial charge is 0.242 e. The molecule has 0 saturated carbocycles. The fourth-order valence-corrected chi connectivity index (χ4v) is 1.77. The van der Waals surface area contributed by atoms with E-state index in [-0.39, 0.29) is 17.3 Å². The lowest BCUT2D eigenvalue weighted by Gasteiger charge is -2.04. The minimum Gasteiger partial charge on any atom is -0.387 e. The fraction of sp³-hybridized carbons (Fsp3) is 0.143. The van der Waals surface area contributed by atoms with Crippen molar-refractivity contribution in [3.05, 3.63) is 24.3 Å². The second-order valence-corrected chi connectivity index (χ2v) is 4.46. The van der Waals surface area contributed by atoms with Crippen molar-refractivity contribution in [2.75, 3.05) is 6.54 Å². The fourth-order valence-electron chi connectivity index (χ4n) is 0.795. The molecular formula is C7H9FN4O2S. The Kier molecular flexibility index (Phi) is 3.32. The average molecular weight is 232 g/mol. The van der Waals surface area contributed by atoms with Crippen LogP contribution >= 0.6 is 0 Å². The van der Waals surface area contributed by atoms with Gasteiger partial charge in [-0.1, -0.05) is 0 Å². The molecule has 1 aromatic heterocycles. The van der Waals surface area contributed by atoms with E-state index in [9.17, 15) is 12.8 Å². The van der Waals surface area contributed by atoms with Gasteiger partial charge in [-0.05, 0) is 6.07 Å². The Labute approximate surface area is 85.9 Å². The Morgan fingerprint density at radius 1 is 1.60 bits per heavy atom. The first-order valence-corrected chi connectivity index (χ1v) is 5.33. The molecular weight excluding hydrogens is 223 g/mol. The highest BCUT2D eigenvalue weighted by atomic mass is 32.2. The molecule has 0 radical (unpaired) electrons. The number of nitrogens with two attached hydrogens (primary N) is 1. The van der Waals surface area contributed by atoms with Crippen LogP contribution < -0.4 is 10.5 Å². The molecule has 0 aliphatic carbocycles. The maximum atomic E-state index is 12.7. The third kappa shape index (κ3) is 3.26. The Bertz CT molecular complexity index is 474. The van der Waals surface area contributed by atoms with Crippen molar-refractivity contribution < 1.29 is 12.8 Å². The number of amidine groups is 1. The monoisotopic (exact) mass is 232 g/mol. The standard InChI is InChI=1S/C7H9FN4O2S/c8-5-1-6(3-11-2-5)15(13,14)12-4-7(9)10/h1-3,12H,4H2,(H3,9,10). The molecule has 82 valence electrons. The number of nitrogens with zero attached hydrogens (tertiary/aromatic N) is 1. The van der Waals surface area contributed by atoms with E-state index in [4.69, 9.17) is 11.1 Å². The zero-order chi connectivity index (χ0) is 11.5. The predicted molar refractivity (Wildman–Crippen MR) is 51.3 cm³/mol. The molecule has 0 saturated heterocycles. The number of halogens is 1. The first kappa shape index (κ1) is 11.5. The minimum atomic E-state index is -3.85. The first-order valence-electron chi connectivity index (χ1n) is 3.85. The van der Waals surface area contributed by atoms with Gasteiger partial charge in [0.05, 0.1) is 12.7 Å². The van der Waals surface area contributed by atoms with E-state index in [0.29, 0.717) is 0 Å². The van der Waals surface area contributed by atoms with E-state index in [1.807, 2.05) is 4.72 Å². The van der Waals surface area contributed by atoms with Crippen LogP contribution in [0.3, 0.4) is 0 Å². The van der Waals surface area contributed by atoms with E-state index < -0.39 is 15.8 Å². The van der Waals surface area contributed by atoms with E-state index in [0.717, 1.165) is 18.5 Å². The average Bonchev–Trinajstić information content (AvgIpc) is 2.15. The van der Waals surface area contributed by atoms with Crippen molar-refractivity contribution in [3.8, 4) is 0 Å². The Hall–Kier alpha value is -1.54. The molecule has 1 heterocycles. The van der Waals surface area contributed by atoms with Crippen LogP contribution in [0.5, 0.6) is 0 Å². The molecule has 1 rings (SSSR count). The largest absolute Gasteiger partial charge is 0.387 e. The van der Waals surface area contributed by atoms with Crippen LogP contribution in [0.25, 0.3) is 0 Å². The Morgan fingerprint density at radius 2 is 2.27 bits per heavy atom. The molecule has 0 amide bonds. The van der Waals surface area contributed by atoms with Gasteiger partial charge >= 0.3 is 0 Å². The SMILES string of the molecule is N=C(N)CNS(=O)(=O)c1cncc(F)c1. The van der Waals surface area contributed by atoms with Gasteiger partial charge in [-0.15, -0.1) is 0 Å². The van der Waals surface area contributed by atoms with Gasteiger partial charge in [-0.3, -0.25) is 10.4 Å². The summed E-state index contributed by atoms with van der Waals surface area (Å²) in [5, 5.41) is 6.84. The molecule has 6 nitrogen and oxygen atoms in total. The lowest BCUT2D eigenvalue weighted by molar-refractivity contribution is 0.579. The number of nitrogens with one attached hydrogen (secondary N) is 2. The van der Waals surface area contributed by atoms with Gasteiger partial charge in [0, 0.05) is 6.20 Å². The normalized spacial score (nSPS) is 11.3. The molecule has 0 unspecified atom stereocenters. The molecule has 0 spiro atoms. The molecule has 0 aliphatic heterocycles. The van der Waals surface area contributed by atoms with E-state index >= 15 is 0 Å². The summed E-state index contributed by atoms with van der Waals surface area (Å²) in [6, 6.07) is 0.829. The maximum Gasteiger partial charge on any atom is 0.242 e. The van der Waals surface area contributed by atoms with Crippen molar-refractivity contribution in [1.29, 1.82) is 5.41 Å². The number of pyridine rings is 1. The van der Waals surface area contributed by atoms with Crippen molar-refractivity contribution in [3.63, 3.8) is 0 Å². The first-order chi connectivity index (χ1) is 6.92. The second-order valence-electron chi connectivity index (χ2n) is 2.69. The van der Waals surface area contributed by atoms with Crippen LogP contribution in [-0.2, 0) is 10.0 Å². The van der Waals surface area contributed by atoms with Crippen LogP contribution in [0, 0.1) is 11.2 Å². The van der Waals surface area contributed by atoms with Crippen LogP contribution in [-0.4, -0.2) is 25.8 Å². The number of rotatable bonds is 4. The summed E-state index contributed by atoms with van der Waals surface area (Å²) in [7, 11) is -3.85. The highest BCUT2D eigenvalue weighted by Gasteiger charge is 2.14. The molecule has 0 atom stereocenters. The van der Waals surface area contributed by atoms with E-state index in [2.05, 4.69) is 4.98 Å². The second kappa shape index (κ2) is 4.32. The third-order valence-electron chi connectivity index (χ3n) is 1.44. The zero-order valence-electron chi connectivity index (χ0n) is 7.57. The lowest BCUT2D eigenvalue weighted by atomic mass is 10.5. The summed E-state index contributed by atoms with van der Waals surface area (Å²) >= 11 is 0. The quantitative estimate of drug-likeness (QED) is 0.477. The van der Waals surface area contributed by atoms with Crippen LogP contribution in [0.2, 0.25) is 0 Å². The number of aromatic nitrogens is 1. The Balaban J connectivity index is 2.91. The minimum absolute atomic E-state index is 0.302. The van der Waals surface area contributed by atoms with Crippen molar-refractivity contribution in [2.24, 2.45) is 5.73 Å². The van der Waals surface area contributed by atoms with E-state index in [1.165, 1.54) is 0 Å². The van der Waals surface area contributed by atoms with Crippen molar-refractivity contribution in [2.45, 2.75) is 4.90 Å². The van der Waals surface area contributed by atoms with Gasteiger partial charge in [0.25, 0.3) is 0 Å². The topological polar surface area (TPSA) is 109 Å². The zero-order valence-corrected chi connectivity index (χ0v) is 8.38. The lowest BCUT2D eigenvalue weighted by Crippen LogP contribution is -2.33. The van der Waals surface area contributed by atoms with Gasteiger partial charge in [0.2, 0.25) is 10.0 Å². The summed E-state index contributed by atoms with van der Waals surface area (Å²) in [6.07, 6.45) is 1.90. The van der Waals surface area contributed by atoms with Crippen LogP contribution in [0.15, 0.2) is 23.4 Å². The van der Waals surface area contributed by atoms with Gasteiger partial charge in [0.1, 0.15) is 16.5 Å². The molecule has 1 aromatic rings. The van der Waals surface area contributed by atoms with Crippen molar-refractivity contribution in [1.82, 2.24) is 9.71 Å².